The number of nitrogens with one attached hydrogen (secondary N) is 1. The van der Waals surface area contributed by atoms with E-state index < -0.39 is 23.7 Å². The van der Waals surface area contributed by atoms with Crippen LogP contribution in [0, 0.1) is 9.39 Å². The fourth-order valence-electron chi connectivity index (χ4n) is 2.51. The van der Waals surface area contributed by atoms with Crippen LogP contribution < -0.4 is 15.0 Å². The lowest BCUT2D eigenvalue weighted by atomic mass is 10.1. The molecular weight excluding hydrogens is 470 g/mol. The third-order valence-electron chi connectivity index (χ3n) is 3.78. The average molecular weight is 482 g/mol. The standard InChI is InChI=1S/C18H12FIN2O5/c1-27-14-8-9(7-12(20)15(14)23)6-10-16(24)21-18(26)22(17(10)25)13-5-3-2-4-11(13)19/h2-8,23H,1H3,(H,21,24,26). The molecule has 0 aromatic heterocycles. The van der Waals surface area contributed by atoms with Crippen LogP contribution in [0.5, 0.6) is 11.5 Å². The fourth-order valence-corrected chi connectivity index (χ4v) is 3.13. The van der Waals surface area contributed by atoms with Gasteiger partial charge in [0.05, 0.1) is 16.4 Å². The Kier molecular flexibility index (Phi) is 5.13. The van der Waals surface area contributed by atoms with Gasteiger partial charge in [0.25, 0.3) is 11.8 Å². The number of benzene rings is 2. The lowest BCUT2D eigenvalue weighted by Gasteiger charge is -2.26. The zero-order chi connectivity index (χ0) is 19.7. The number of methoxy groups -OCH3 is 1. The molecule has 0 spiro atoms. The number of carbonyl (C=O) groups excluding carboxylic acids is 3. The number of para-hydroxylation sites is 1. The average Bonchev–Trinajstić information content (AvgIpc) is 2.62. The number of carbonyl (C=O) groups is 3. The lowest BCUT2D eigenvalue weighted by molar-refractivity contribution is -0.122. The van der Waals surface area contributed by atoms with Gasteiger partial charge >= 0.3 is 6.03 Å². The summed E-state index contributed by atoms with van der Waals surface area (Å²) in [5, 5.41) is 11.9. The summed E-state index contributed by atoms with van der Waals surface area (Å²) in [6.07, 6.45) is 1.24. The van der Waals surface area contributed by atoms with Gasteiger partial charge in [-0.2, -0.15) is 0 Å². The van der Waals surface area contributed by atoms with Gasteiger partial charge in [-0.15, -0.1) is 0 Å². The molecule has 27 heavy (non-hydrogen) atoms. The molecule has 1 aliphatic rings. The van der Waals surface area contributed by atoms with E-state index in [1.165, 1.54) is 43.5 Å². The summed E-state index contributed by atoms with van der Waals surface area (Å²) in [6.45, 7) is 0. The van der Waals surface area contributed by atoms with Crippen molar-refractivity contribution in [2.24, 2.45) is 0 Å². The molecule has 0 radical (unpaired) electrons. The summed E-state index contributed by atoms with van der Waals surface area (Å²) in [5.41, 5.74) is -0.243. The van der Waals surface area contributed by atoms with Crippen LogP contribution >= 0.6 is 22.6 Å². The molecule has 1 heterocycles. The van der Waals surface area contributed by atoms with Crippen molar-refractivity contribution in [2.75, 3.05) is 12.0 Å². The molecule has 1 saturated heterocycles. The summed E-state index contributed by atoms with van der Waals surface area (Å²) >= 11 is 1.87. The van der Waals surface area contributed by atoms with Gasteiger partial charge in [0.2, 0.25) is 0 Å². The Balaban J connectivity index is 2.08. The van der Waals surface area contributed by atoms with E-state index in [0.717, 1.165) is 6.07 Å². The molecule has 2 aromatic rings. The number of phenols is 1. The highest BCUT2D eigenvalue weighted by molar-refractivity contribution is 14.1. The molecule has 0 bridgehead atoms. The maximum atomic E-state index is 14.0. The number of phenolic OH excluding ortho intramolecular Hbond substituents is 1. The molecule has 2 aromatic carbocycles. The van der Waals surface area contributed by atoms with E-state index in [0.29, 0.717) is 14.0 Å². The molecule has 1 aliphatic heterocycles. The van der Waals surface area contributed by atoms with Crippen molar-refractivity contribution in [2.45, 2.75) is 0 Å². The number of nitrogens with zero attached hydrogens (tertiary/aromatic N) is 1. The van der Waals surface area contributed by atoms with Crippen molar-refractivity contribution in [1.29, 1.82) is 0 Å². The molecule has 9 heteroatoms. The largest absolute Gasteiger partial charge is 0.504 e. The minimum atomic E-state index is -1.04. The summed E-state index contributed by atoms with van der Waals surface area (Å²) in [7, 11) is 1.36. The van der Waals surface area contributed by atoms with E-state index in [9.17, 15) is 23.9 Å². The summed E-state index contributed by atoms with van der Waals surface area (Å²) in [5.74, 6) is -2.58. The normalized spacial score (nSPS) is 15.9. The van der Waals surface area contributed by atoms with Crippen LogP contribution in [0.1, 0.15) is 5.56 Å². The van der Waals surface area contributed by atoms with Crippen molar-refractivity contribution in [3.05, 3.63) is 56.9 Å². The second-order valence-corrected chi connectivity index (χ2v) is 6.63. The first-order valence-electron chi connectivity index (χ1n) is 7.56. The molecule has 2 N–H and O–H groups in total. The summed E-state index contributed by atoms with van der Waals surface area (Å²) in [6, 6.07) is 7.15. The summed E-state index contributed by atoms with van der Waals surface area (Å²) < 4.78 is 19.5. The highest BCUT2D eigenvalue weighted by Gasteiger charge is 2.38. The first-order valence-corrected chi connectivity index (χ1v) is 8.64. The second-order valence-electron chi connectivity index (χ2n) is 5.46. The predicted molar refractivity (Wildman–Crippen MR) is 103 cm³/mol. The van der Waals surface area contributed by atoms with Crippen molar-refractivity contribution < 1.29 is 28.6 Å². The lowest BCUT2D eigenvalue weighted by Crippen LogP contribution is -2.54. The van der Waals surface area contributed by atoms with E-state index in [4.69, 9.17) is 4.74 Å². The fraction of sp³-hybridized carbons (Fsp3) is 0.0556. The Morgan fingerprint density at radius 3 is 2.59 bits per heavy atom. The number of urea groups is 1. The van der Waals surface area contributed by atoms with Crippen LogP contribution in [0.3, 0.4) is 0 Å². The van der Waals surface area contributed by atoms with Crippen LogP contribution in [0.25, 0.3) is 6.08 Å². The second kappa shape index (κ2) is 7.35. The number of aromatic hydroxyl groups is 1. The molecule has 0 saturated carbocycles. The number of ether oxygens (including phenoxy) is 1. The maximum Gasteiger partial charge on any atom is 0.336 e. The molecule has 0 unspecified atom stereocenters. The molecule has 138 valence electrons. The topological polar surface area (TPSA) is 95.9 Å². The van der Waals surface area contributed by atoms with Crippen molar-refractivity contribution in [3.8, 4) is 11.5 Å². The van der Waals surface area contributed by atoms with E-state index >= 15 is 0 Å². The van der Waals surface area contributed by atoms with Crippen molar-refractivity contribution in [1.82, 2.24) is 5.32 Å². The highest BCUT2D eigenvalue weighted by atomic mass is 127. The first kappa shape index (κ1) is 18.8. The third-order valence-corrected chi connectivity index (χ3v) is 4.60. The van der Waals surface area contributed by atoms with E-state index in [-0.39, 0.29) is 22.8 Å². The van der Waals surface area contributed by atoms with Crippen LogP contribution in [0.2, 0.25) is 0 Å². The van der Waals surface area contributed by atoms with E-state index in [2.05, 4.69) is 0 Å². The molecule has 1 fully saturated rings. The number of imide groups is 2. The summed E-state index contributed by atoms with van der Waals surface area (Å²) in [4.78, 5) is 37.6. The highest BCUT2D eigenvalue weighted by Crippen LogP contribution is 2.33. The number of rotatable bonds is 3. The van der Waals surface area contributed by atoms with Gasteiger partial charge in [-0.25, -0.2) is 14.1 Å². The molecule has 0 aliphatic carbocycles. The van der Waals surface area contributed by atoms with Gasteiger partial charge < -0.3 is 9.84 Å². The Morgan fingerprint density at radius 2 is 1.93 bits per heavy atom. The van der Waals surface area contributed by atoms with Crippen LogP contribution in [-0.4, -0.2) is 30.1 Å². The smallest absolute Gasteiger partial charge is 0.336 e. The first-order chi connectivity index (χ1) is 12.8. The zero-order valence-corrected chi connectivity index (χ0v) is 16.0. The number of hydrogen-bond donors (Lipinski definition) is 2. The van der Waals surface area contributed by atoms with Crippen LogP contribution in [0.15, 0.2) is 42.0 Å². The number of amides is 4. The minimum absolute atomic E-state index is 0.0807. The number of halogens is 2. The van der Waals surface area contributed by atoms with E-state index in [1.807, 2.05) is 27.9 Å². The zero-order valence-electron chi connectivity index (χ0n) is 13.8. The third kappa shape index (κ3) is 3.50. The number of anilines is 1. The van der Waals surface area contributed by atoms with Gasteiger partial charge in [0.15, 0.2) is 11.5 Å². The number of barbiturate groups is 1. The predicted octanol–water partition coefficient (Wildman–Crippen LogP) is 2.81. The molecule has 7 nitrogen and oxygen atoms in total. The Hall–Kier alpha value is -2.95. The monoisotopic (exact) mass is 482 g/mol. The van der Waals surface area contributed by atoms with Crippen LogP contribution in [-0.2, 0) is 9.59 Å². The van der Waals surface area contributed by atoms with Gasteiger partial charge in [0.1, 0.15) is 11.4 Å². The minimum Gasteiger partial charge on any atom is -0.504 e. The van der Waals surface area contributed by atoms with Gasteiger partial charge in [-0.1, -0.05) is 12.1 Å². The van der Waals surface area contributed by atoms with E-state index in [1.54, 1.807) is 0 Å². The molecule has 3 rings (SSSR count). The quantitative estimate of drug-likeness (QED) is 0.399. The van der Waals surface area contributed by atoms with Crippen molar-refractivity contribution >= 4 is 52.2 Å². The maximum absolute atomic E-state index is 14.0. The number of hydrogen-bond acceptors (Lipinski definition) is 5. The Morgan fingerprint density at radius 1 is 1.22 bits per heavy atom. The SMILES string of the molecule is COc1cc(C=C2C(=O)NC(=O)N(c3ccccc3F)C2=O)cc(I)c1O. The molecular formula is C18H12FIN2O5. The molecule has 4 amide bonds. The van der Waals surface area contributed by atoms with Gasteiger partial charge in [0, 0.05) is 0 Å². The van der Waals surface area contributed by atoms with Gasteiger partial charge in [-0.3, -0.25) is 14.9 Å². The Bertz CT molecular complexity index is 1010. The Labute approximate surface area is 166 Å². The molecule has 0 atom stereocenters. The van der Waals surface area contributed by atoms with Crippen LogP contribution in [0.4, 0.5) is 14.9 Å². The van der Waals surface area contributed by atoms with Crippen molar-refractivity contribution in [3.63, 3.8) is 0 Å². The van der Waals surface area contributed by atoms with Gasteiger partial charge in [-0.05, 0) is 58.5 Å².